The molecule has 0 saturated carbocycles. The molecule has 1 aromatic rings. The minimum absolute atomic E-state index is 0.153. The van der Waals surface area contributed by atoms with Crippen molar-refractivity contribution in [2.45, 2.75) is 13.8 Å². The summed E-state index contributed by atoms with van der Waals surface area (Å²) in [7, 11) is 0. The van der Waals surface area contributed by atoms with Gasteiger partial charge in [0, 0.05) is 11.0 Å². The first-order chi connectivity index (χ1) is 7.35. The lowest BCUT2D eigenvalue weighted by atomic mass is 9.96. The predicted molar refractivity (Wildman–Crippen MR) is 71.4 cm³/mol. The third-order valence-corrected chi connectivity index (χ3v) is 5.12. The molecule has 3 nitrogen and oxygen atoms in total. The van der Waals surface area contributed by atoms with E-state index in [1.165, 1.54) is 11.3 Å². The standard InChI is InChI=1S/C10H10Br2N2OS/c1-10(2,4-13)5-14-9(15)7-3-6(11)8(12)16-7/h3H,5H2,1-2H3,(H,14,15). The molecule has 1 N–H and O–H groups in total. The number of nitriles is 1. The van der Waals surface area contributed by atoms with Crippen LogP contribution in [0.3, 0.4) is 0 Å². The number of amides is 1. The van der Waals surface area contributed by atoms with E-state index < -0.39 is 5.41 Å². The molecule has 1 rings (SSSR count). The monoisotopic (exact) mass is 364 g/mol. The summed E-state index contributed by atoms with van der Waals surface area (Å²) in [6.45, 7) is 3.91. The van der Waals surface area contributed by atoms with Gasteiger partial charge in [0.15, 0.2) is 0 Å². The molecule has 0 fully saturated rings. The van der Waals surface area contributed by atoms with Crippen LogP contribution in [0.2, 0.25) is 0 Å². The summed E-state index contributed by atoms with van der Waals surface area (Å²) < 4.78 is 1.75. The van der Waals surface area contributed by atoms with E-state index in [4.69, 9.17) is 5.26 Å². The highest BCUT2D eigenvalue weighted by Gasteiger charge is 2.19. The summed E-state index contributed by atoms with van der Waals surface area (Å²) in [5.41, 5.74) is -0.540. The topological polar surface area (TPSA) is 52.9 Å². The van der Waals surface area contributed by atoms with Crippen molar-refractivity contribution in [3.05, 3.63) is 19.2 Å². The molecule has 0 aromatic carbocycles. The zero-order valence-electron chi connectivity index (χ0n) is 8.80. The third kappa shape index (κ3) is 3.58. The van der Waals surface area contributed by atoms with Crippen LogP contribution in [-0.4, -0.2) is 12.5 Å². The van der Waals surface area contributed by atoms with Crippen LogP contribution in [0, 0.1) is 16.7 Å². The molecule has 0 aliphatic carbocycles. The van der Waals surface area contributed by atoms with Gasteiger partial charge in [-0.15, -0.1) is 11.3 Å². The smallest absolute Gasteiger partial charge is 0.261 e. The van der Waals surface area contributed by atoms with Gasteiger partial charge in [0.1, 0.15) is 0 Å². The molecule has 0 radical (unpaired) electrons. The number of thiophene rings is 1. The lowest BCUT2D eigenvalue weighted by molar-refractivity contribution is 0.0948. The van der Waals surface area contributed by atoms with Gasteiger partial charge in [0.05, 0.1) is 20.1 Å². The normalized spacial score (nSPS) is 10.9. The third-order valence-electron chi connectivity index (χ3n) is 1.86. The van der Waals surface area contributed by atoms with E-state index >= 15 is 0 Å². The maximum atomic E-state index is 11.7. The van der Waals surface area contributed by atoms with E-state index in [-0.39, 0.29) is 5.91 Å². The molecule has 0 unspecified atom stereocenters. The van der Waals surface area contributed by atoms with E-state index in [0.717, 1.165) is 8.26 Å². The van der Waals surface area contributed by atoms with Crippen molar-refractivity contribution in [2.75, 3.05) is 6.54 Å². The number of rotatable bonds is 3. The molecule has 0 spiro atoms. The first-order valence-electron chi connectivity index (χ1n) is 4.50. The number of hydrogen-bond donors (Lipinski definition) is 1. The summed E-state index contributed by atoms with van der Waals surface area (Å²) in [6.07, 6.45) is 0. The van der Waals surface area contributed by atoms with Crippen LogP contribution in [0.5, 0.6) is 0 Å². The molecule has 1 heterocycles. The molecular formula is C10H10Br2N2OS. The van der Waals surface area contributed by atoms with Gasteiger partial charge in [0.2, 0.25) is 0 Å². The van der Waals surface area contributed by atoms with E-state index in [0.29, 0.717) is 11.4 Å². The van der Waals surface area contributed by atoms with E-state index in [2.05, 4.69) is 43.2 Å². The van der Waals surface area contributed by atoms with Gasteiger partial charge in [0.25, 0.3) is 5.91 Å². The number of nitrogens with zero attached hydrogens (tertiary/aromatic N) is 1. The Labute approximate surface area is 115 Å². The lowest BCUT2D eigenvalue weighted by Gasteiger charge is -2.15. The van der Waals surface area contributed by atoms with Crippen molar-refractivity contribution in [3.8, 4) is 6.07 Å². The van der Waals surface area contributed by atoms with Crippen molar-refractivity contribution in [2.24, 2.45) is 5.41 Å². The Morgan fingerprint density at radius 1 is 1.62 bits per heavy atom. The molecule has 1 aromatic heterocycles. The second-order valence-electron chi connectivity index (χ2n) is 3.91. The molecule has 16 heavy (non-hydrogen) atoms. The average Bonchev–Trinajstić information content (AvgIpc) is 2.56. The van der Waals surface area contributed by atoms with Crippen LogP contribution in [0.1, 0.15) is 23.5 Å². The van der Waals surface area contributed by atoms with Gasteiger partial charge < -0.3 is 5.32 Å². The van der Waals surface area contributed by atoms with Gasteiger partial charge in [-0.05, 0) is 51.8 Å². The molecule has 0 atom stereocenters. The first-order valence-corrected chi connectivity index (χ1v) is 6.90. The Morgan fingerprint density at radius 3 is 2.69 bits per heavy atom. The molecule has 86 valence electrons. The maximum absolute atomic E-state index is 11.7. The van der Waals surface area contributed by atoms with Crippen LogP contribution in [0.4, 0.5) is 0 Å². The summed E-state index contributed by atoms with van der Waals surface area (Å²) in [4.78, 5) is 12.3. The van der Waals surface area contributed by atoms with Crippen molar-refractivity contribution in [3.63, 3.8) is 0 Å². The second-order valence-corrected chi connectivity index (χ2v) is 7.14. The molecule has 0 aliphatic heterocycles. The number of nitrogens with one attached hydrogen (secondary N) is 1. The molecule has 0 aliphatic rings. The van der Waals surface area contributed by atoms with Crippen LogP contribution in [0.15, 0.2) is 14.3 Å². The van der Waals surface area contributed by atoms with Crippen molar-refractivity contribution >= 4 is 49.1 Å². The quantitative estimate of drug-likeness (QED) is 0.890. The van der Waals surface area contributed by atoms with Crippen molar-refractivity contribution in [1.29, 1.82) is 5.26 Å². The highest BCUT2D eigenvalue weighted by Crippen LogP contribution is 2.32. The Bertz CT molecular complexity index is 429. The van der Waals surface area contributed by atoms with Crippen LogP contribution < -0.4 is 5.32 Å². The molecular weight excluding hydrogens is 356 g/mol. The SMILES string of the molecule is CC(C)(C#N)CNC(=O)c1cc(Br)c(Br)s1. The zero-order chi connectivity index (χ0) is 12.3. The number of halogens is 2. The molecule has 1 amide bonds. The average molecular weight is 366 g/mol. The van der Waals surface area contributed by atoms with Crippen LogP contribution >= 0.6 is 43.2 Å². The molecule has 0 saturated heterocycles. The maximum Gasteiger partial charge on any atom is 0.261 e. The van der Waals surface area contributed by atoms with Crippen LogP contribution in [-0.2, 0) is 0 Å². The Balaban J connectivity index is 2.64. The van der Waals surface area contributed by atoms with E-state index in [1.54, 1.807) is 19.9 Å². The number of carbonyl (C=O) groups is 1. The highest BCUT2D eigenvalue weighted by atomic mass is 79.9. The fourth-order valence-electron chi connectivity index (χ4n) is 0.886. The Kier molecular flexibility index (Phi) is 4.53. The minimum Gasteiger partial charge on any atom is -0.350 e. The van der Waals surface area contributed by atoms with Gasteiger partial charge in [-0.3, -0.25) is 4.79 Å². The predicted octanol–water partition coefficient (Wildman–Crippen LogP) is 3.55. The molecule has 0 bridgehead atoms. The first kappa shape index (κ1) is 13.7. The van der Waals surface area contributed by atoms with E-state index in [1.807, 2.05) is 0 Å². The van der Waals surface area contributed by atoms with Crippen molar-refractivity contribution < 1.29 is 4.79 Å². The second kappa shape index (κ2) is 5.30. The highest BCUT2D eigenvalue weighted by molar-refractivity contribution is 9.13. The summed E-state index contributed by atoms with van der Waals surface area (Å²) >= 11 is 8.00. The van der Waals surface area contributed by atoms with Gasteiger partial charge in [-0.25, -0.2) is 0 Å². The fraction of sp³-hybridized carbons (Fsp3) is 0.400. The molecule has 6 heteroatoms. The fourth-order valence-corrected chi connectivity index (χ4v) is 2.84. The Morgan fingerprint density at radius 2 is 2.25 bits per heavy atom. The summed E-state index contributed by atoms with van der Waals surface area (Å²) in [5, 5.41) is 11.6. The lowest BCUT2D eigenvalue weighted by Crippen LogP contribution is -2.32. The van der Waals surface area contributed by atoms with Crippen molar-refractivity contribution in [1.82, 2.24) is 5.32 Å². The summed E-state index contributed by atoms with van der Waals surface area (Å²) in [5.74, 6) is -0.153. The van der Waals surface area contributed by atoms with E-state index in [9.17, 15) is 4.79 Å². The van der Waals surface area contributed by atoms with Gasteiger partial charge in [-0.2, -0.15) is 5.26 Å². The largest absolute Gasteiger partial charge is 0.350 e. The Hall–Kier alpha value is -0.380. The minimum atomic E-state index is -0.540. The van der Waals surface area contributed by atoms with Gasteiger partial charge in [-0.1, -0.05) is 0 Å². The number of carbonyl (C=O) groups excluding carboxylic acids is 1. The number of hydrogen-bond acceptors (Lipinski definition) is 3. The summed E-state index contributed by atoms with van der Waals surface area (Å²) in [6, 6.07) is 3.89. The van der Waals surface area contributed by atoms with Crippen LogP contribution in [0.25, 0.3) is 0 Å². The van der Waals surface area contributed by atoms with Gasteiger partial charge >= 0.3 is 0 Å². The zero-order valence-corrected chi connectivity index (χ0v) is 12.8.